The summed E-state index contributed by atoms with van der Waals surface area (Å²) in [5.74, 6) is -0.230. The molecule has 0 aliphatic carbocycles. The first-order valence-corrected chi connectivity index (χ1v) is 9.87. The van der Waals surface area contributed by atoms with Crippen LogP contribution < -0.4 is 11.1 Å². The average molecular weight is 359 g/mol. The van der Waals surface area contributed by atoms with Crippen LogP contribution in [-0.4, -0.2) is 16.2 Å². The summed E-state index contributed by atoms with van der Waals surface area (Å²) in [5, 5.41) is 2.78. The molecule has 2 unspecified atom stereocenters. The number of nitrogens with one attached hydrogen (secondary N) is 1. The summed E-state index contributed by atoms with van der Waals surface area (Å²) in [4.78, 5) is 13.4. The van der Waals surface area contributed by atoms with Gasteiger partial charge in [0, 0.05) is 15.5 Å². The fraction of sp³-hybridized carbons (Fsp3) is 0.350. The molecule has 4 nitrogen and oxygen atoms in total. The first-order chi connectivity index (χ1) is 12.0. The van der Waals surface area contributed by atoms with E-state index >= 15 is 0 Å². The third-order valence-electron chi connectivity index (χ3n) is 4.02. The monoisotopic (exact) mass is 358 g/mol. The number of aryl methyl sites for hydroxylation is 1. The van der Waals surface area contributed by atoms with Crippen molar-refractivity contribution in [2.24, 2.45) is 5.73 Å². The van der Waals surface area contributed by atoms with Crippen molar-refractivity contribution >= 4 is 22.4 Å². The third kappa shape index (κ3) is 5.51. The summed E-state index contributed by atoms with van der Waals surface area (Å²) >= 11 is 0. The lowest BCUT2D eigenvalue weighted by Crippen LogP contribution is -2.34. The second kappa shape index (κ2) is 9.49. The Morgan fingerprint density at radius 1 is 1.12 bits per heavy atom. The Bertz CT molecular complexity index is 746. The number of nitrogens with two attached hydrogens (primary N) is 1. The van der Waals surface area contributed by atoms with Crippen LogP contribution in [0.1, 0.15) is 38.7 Å². The van der Waals surface area contributed by atoms with Crippen molar-refractivity contribution in [1.82, 2.24) is 0 Å². The second-order valence-electron chi connectivity index (χ2n) is 6.05. The lowest BCUT2D eigenvalue weighted by atomic mass is 10.1. The minimum absolute atomic E-state index is 0.230. The van der Waals surface area contributed by atoms with Gasteiger partial charge in [-0.15, -0.1) is 0 Å². The van der Waals surface area contributed by atoms with Gasteiger partial charge in [-0.1, -0.05) is 38.5 Å². The quantitative estimate of drug-likeness (QED) is 0.752. The molecule has 134 valence electrons. The SMILES string of the molecule is CCCCc1cccc(S(=O)c2cccc(NC(=O)C(N)CC)c2)c1. The van der Waals surface area contributed by atoms with E-state index in [1.165, 1.54) is 5.56 Å². The summed E-state index contributed by atoms with van der Waals surface area (Å²) in [6.45, 7) is 4.02. The Morgan fingerprint density at radius 3 is 2.48 bits per heavy atom. The van der Waals surface area contributed by atoms with Gasteiger partial charge in [0.1, 0.15) is 0 Å². The largest absolute Gasteiger partial charge is 0.325 e. The number of rotatable bonds is 8. The molecule has 0 aromatic heterocycles. The van der Waals surface area contributed by atoms with E-state index in [1.54, 1.807) is 18.2 Å². The van der Waals surface area contributed by atoms with Gasteiger partial charge in [0.2, 0.25) is 5.91 Å². The molecule has 0 radical (unpaired) electrons. The summed E-state index contributed by atoms with van der Waals surface area (Å²) < 4.78 is 12.9. The molecule has 25 heavy (non-hydrogen) atoms. The van der Waals surface area contributed by atoms with Crippen LogP contribution in [0, 0.1) is 0 Å². The number of unbranched alkanes of at least 4 members (excludes halogenated alkanes) is 1. The zero-order chi connectivity index (χ0) is 18.2. The van der Waals surface area contributed by atoms with Gasteiger partial charge in [0.05, 0.1) is 16.8 Å². The number of carbonyl (C=O) groups excluding carboxylic acids is 1. The van der Waals surface area contributed by atoms with Crippen molar-refractivity contribution in [2.45, 2.75) is 55.4 Å². The van der Waals surface area contributed by atoms with Crippen LogP contribution in [0.25, 0.3) is 0 Å². The fourth-order valence-corrected chi connectivity index (χ4v) is 3.61. The molecule has 5 heteroatoms. The first kappa shape index (κ1) is 19.3. The van der Waals surface area contributed by atoms with Gasteiger partial charge in [0.15, 0.2) is 0 Å². The summed E-state index contributed by atoms with van der Waals surface area (Å²) in [6, 6.07) is 14.5. The maximum Gasteiger partial charge on any atom is 0.241 e. The molecule has 0 bridgehead atoms. The minimum atomic E-state index is -1.28. The number of amides is 1. The number of hydrogen-bond acceptors (Lipinski definition) is 3. The van der Waals surface area contributed by atoms with Crippen LogP contribution in [0.15, 0.2) is 58.3 Å². The number of benzene rings is 2. The first-order valence-electron chi connectivity index (χ1n) is 8.72. The van der Waals surface area contributed by atoms with Gasteiger partial charge < -0.3 is 11.1 Å². The van der Waals surface area contributed by atoms with Crippen molar-refractivity contribution in [1.29, 1.82) is 0 Å². The Balaban J connectivity index is 2.17. The Morgan fingerprint density at radius 2 is 1.80 bits per heavy atom. The summed E-state index contributed by atoms with van der Waals surface area (Å²) in [7, 11) is -1.28. The van der Waals surface area contributed by atoms with Crippen LogP contribution in [0.5, 0.6) is 0 Å². The van der Waals surface area contributed by atoms with Crippen molar-refractivity contribution in [3.05, 3.63) is 54.1 Å². The Kier molecular flexibility index (Phi) is 7.34. The standard InChI is InChI=1S/C20H26N2O2S/c1-3-5-8-15-9-6-11-17(13-15)25(24)18-12-7-10-16(14-18)22-20(23)19(21)4-2/h6-7,9-14,19H,3-5,8,21H2,1-2H3,(H,22,23). The number of carbonyl (C=O) groups is 1. The molecule has 0 aliphatic rings. The van der Waals surface area contributed by atoms with E-state index in [-0.39, 0.29) is 5.91 Å². The highest BCUT2D eigenvalue weighted by atomic mass is 32.2. The van der Waals surface area contributed by atoms with E-state index in [9.17, 15) is 9.00 Å². The molecule has 0 saturated heterocycles. The average Bonchev–Trinajstić information content (AvgIpc) is 2.65. The minimum Gasteiger partial charge on any atom is -0.325 e. The normalized spacial score (nSPS) is 13.2. The van der Waals surface area contributed by atoms with Gasteiger partial charge >= 0.3 is 0 Å². The van der Waals surface area contributed by atoms with Gasteiger partial charge in [-0.3, -0.25) is 4.79 Å². The molecule has 3 N–H and O–H groups in total. The smallest absolute Gasteiger partial charge is 0.241 e. The van der Waals surface area contributed by atoms with Crippen LogP contribution >= 0.6 is 0 Å². The predicted octanol–water partition coefficient (Wildman–Crippen LogP) is 3.87. The summed E-state index contributed by atoms with van der Waals surface area (Å²) in [5.41, 5.74) is 7.55. The molecule has 0 aliphatic heterocycles. The lowest BCUT2D eigenvalue weighted by Gasteiger charge is -2.11. The third-order valence-corrected chi connectivity index (χ3v) is 5.39. The molecular formula is C20H26N2O2S. The van der Waals surface area contributed by atoms with Crippen LogP contribution in [-0.2, 0) is 22.0 Å². The van der Waals surface area contributed by atoms with Crippen molar-refractivity contribution in [2.75, 3.05) is 5.32 Å². The fourth-order valence-electron chi connectivity index (χ4n) is 2.44. The van der Waals surface area contributed by atoms with Crippen LogP contribution in [0.4, 0.5) is 5.69 Å². The van der Waals surface area contributed by atoms with Crippen molar-refractivity contribution in [3.8, 4) is 0 Å². The van der Waals surface area contributed by atoms with Gasteiger partial charge in [0.25, 0.3) is 0 Å². The molecule has 0 spiro atoms. The molecule has 2 rings (SSSR count). The highest BCUT2D eigenvalue weighted by Crippen LogP contribution is 2.21. The molecule has 1 amide bonds. The molecule has 2 aromatic carbocycles. The number of anilines is 1. The summed E-state index contributed by atoms with van der Waals surface area (Å²) in [6.07, 6.45) is 3.82. The highest BCUT2D eigenvalue weighted by molar-refractivity contribution is 7.85. The lowest BCUT2D eigenvalue weighted by molar-refractivity contribution is -0.117. The number of hydrogen-bond donors (Lipinski definition) is 2. The predicted molar refractivity (Wildman–Crippen MR) is 103 cm³/mol. The molecule has 0 saturated carbocycles. The maximum absolute atomic E-state index is 12.9. The van der Waals surface area contributed by atoms with Crippen LogP contribution in [0.3, 0.4) is 0 Å². The molecule has 2 atom stereocenters. The van der Waals surface area contributed by atoms with Crippen molar-refractivity contribution in [3.63, 3.8) is 0 Å². The second-order valence-corrected chi connectivity index (χ2v) is 7.53. The van der Waals surface area contributed by atoms with Gasteiger partial charge in [-0.2, -0.15) is 0 Å². The Hall–Kier alpha value is -1.98. The molecular weight excluding hydrogens is 332 g/mol. The van der Waals surface area contributed by atoms with Crippen molar-refractivity contribution < 1.29 is 9.00 Å². The van der Waals surface area contributed by atoms with E-state index in [2.05, 4.69) is 18.3 Å². The Labute approximate surface area is 152 Å². The van der Waals surface area contributed by atoms with E-state index in [0.717, 1.165) is 24.2 Å². The maximum atomic E-state index is 12.9. The highest BCUT2D eigenvalue weighted by Gasteiger charge is 2.13. The zero-order valence-corrected chi connectivity index (χ0v) is 15.6. The molecule has 2 aromatic rings. The van der Waals surface area contributed by atoms with E-state index in [4.69, 9.17) is 5.73 Å². The van der Waals surface area contributed by atoms with E-state index in [1.807, 2.05) is 31.2 Å². The zero-order valence-electron chi connectivity index (χ0n) is 14.8. The topological polar surface area (TPSA) is 72.2 Å². The van der Waals surface area contributed by atoms with Gasteiger partial charge in [-0.25, -0.2) is 4.21 Å². The van der Waals surface area contributed by atoms with E-state index in [0.29, 0.717) is 17.0 Å². The molecule has 0 fully saturated rings. The van der Waals surface area contributed by atoms with Gasteiger partial charge in [-0.05, 0) is 55.2 Å². The van der Waals surface area contributed by atoms with E-state index < -0.39 is 16.8 Å². The molecule has 0 heterocycles. The van der Waals surface area contributed by atoms with Crippen LogP contribution in [0.2, 0.25) is 0 Å².